The van der Waals surface area contributed by atoms with Crippen LogP contribution < -0.4 is 5.32 Å². The van der Waals surface area contributed by atoms with Crippen molar-refractivity contribution < 1.29 is 9.90 Å². The lowest BCUT2D eigenvalue weighted by Gasteiger charge is -2.18. The van der Waals surface area contributed by atoms with Crippen LogP contribution >= 0.6 is 11.3 Å². The van der Waals surface area contributed by atoms with Crippen molar-refractivity contribution in [3.05, 3.63) is 16.1 Å². The average Bonchev–Trinajstić information content (AvgIpc) is 2.72. The van der Waals surface area contributed by atoms with Crippen molar-refractivity contribution in [3.8, 4) is 0 Å². The summed E-state index contributed by atoms with van der Waals surface area (Å²) in [5.74, 6) is -0.751. The van der Waals surface area contributed by atoms with E-state index in [-0.39, 0.29) is 5.41 Å². The van der Waals surface area contributed by atoms with Crippen LogP contribution in [0.5, 0.6) is 0 Å². The van der Waals surface area contributed by atoms with Gasteiger partial charge in [-0.3, -0.25) is 4.79 Å². The van der Waals surface area contributed by atoms with Crippen molar-refractivity contribution in [2.75, 3.05) is 6.54 Å². The Morgan fingerprint density at radius 3 is 2.47 bits per heavy atom. The molecule has 0 radical (unpaired) electrons. The highest BCUT2D eigenvalue weighted by atomic mass is 32.1. The Bertz CT molecular complexity index is 433. The lowest BCUT2D eigenvalue weighted by atomic mass is 9.90. The fraction of sp³-hybridized carbons (Fsp3) is 0.714. The molecule has 19 heavy (non-hydrogen) atoms. The zero-order chi connectivity index (χ0) is 14.7. The molecule has 0 aliphatic carbocycles. The number of rotatable bonds is 6. The van der Waals surface area contributed by atoms with Crippen molar-refractivity contribution in [1.29, 1.82) is 0 Å². The fourth-order valence-electron chi connectivity index (χ4n) is 1.44. The Morgan fingerprint density at radius 2 is 2.00 bits per heavy atom. The van der Waals surface area contributed by atoms with Crippen molar-refractivity contribution in [2.24, 2.45) is 5.41 Å². The van der Waals surface area contributed by atoms with Gasteiger partial charge in [-0.2, -0.15) is 0 Å². The molecule has 0 aliphatic rings. The molecule has 0 amide bonds. The third kappa shape index (κ3) is 4.91. The van der Waals surface area contributed by atoms with Crippen molar-refractivity contribution in [3.63, 3.8) is 0 Å². The van der Waals surface area contributed by atoms with Gasteiger partial charge < -0.3 is 10.4 Å². The van der Waals surface area contributed by atoms with E-state index in [4.69, 9.17) is 5.11 Å². The highest BCUT2D eigenvalue weighted by molar-refractivity contribution is 7.11. The minimum Gasteiger partial charge on any atom is -0.481 e. The van der Waals surface area contributed by atoms with Gasteiger partial charge in [-0.25, -0.2) is 4.98 Å². The molecule has 0 saturated carbocycles. The van der Waals surface area contributed by atoms with E-state index in [0.29, 0.717) is 19.5 Å². The van der Waals surface area contributed by atoms with Crippen LogP contribution in [0.1, 0.15) is 50.9 Å². The number of aliphatic carboxylic acids is 1. The Morgan fingerprint density at radius 1 is 1.37 bits per heavy atom. The molecule has 0 fully saturated rings. The monoisotopic (exact) mass is 284 g/mol. The Kier molecular flexibility index (Phi) is 5.10. The third-order valence-electron chi connectivity index (χ3n) is 3.07. The van der Waals surface area contributed by atoms with Crippen LogP contribution in [0.2, 0.25) is 0 Å². The van der Waals surface area contributed by atoms with Gasteiger partial charge in [0.05, 0.1) is 5.41 Å². The summed E-state index contributed by atoms with van der Waals surface area (Å²) in [6.45, 7) is 11.4. The highest BCUT2D eigenvalue weighted by Gasteiger charge is 2.26. The summed E-state index contributed by atoms with van der Waals surface area (Å²) in [6.07, 6.45) is 2.54. The molecular formula is C14H24N2O2S. The molecule has 1 aromatic heterocycles. The van der Waals surface area contributed by atoms with E-state index in [1.54, 1.807) is 25.2 Å². The Balaban J connectivity index is 2.38. The van der Waals surface area contributed by atoms with E-state index in [2.05, 4.69) is 31.1 Å². The van der Waals surface area contributed by atoms with Gasteiger partial charge in [-0.15, -0.1) is 11.3 Å². The first kappa shape index (κ1) is 16.1. The SMILES string of the molecule is CC(C)(CCNCc1ncc(C(C)(C)C)s1)C(=O)O. The molecule has 1 rings (SSSR count). The van der Waals surface area contributed by atoms with E-state index in [9.17, 15) is 4.79 Å². The van der Waals surface area contributed by atoms with Crippen LogP contribution in [0.3, 0.4) is 0 Å². The number of carboxylic acid groups (broad SMARTS) is 1. The maximum atomic E-state index is 11.0. The van der Waals surface area contributed by atoms with Crippen molar-refractivity contribution >= 4 is 17.3 Å². The quantitative estimate of drug-likeness (QED) is 0.788. The number of hydrogen-bond donors (Lipinski definition) is 2. The van der Waals surface area contributed by atoms with Gasteiger partial charge >= 0.3 is 5.97 Å². The average molecular weight is 284 g/mol. The topological polar surface area (TPSA) is 62.2 Å². The number of nitrogens with zero attached hydrogens (tertiary/aromatic N) is 1. The molecule has 2 N–H and O–H groups in total. The smallest absolute Gasteiger partial charge is 0.309 e. The maximum absolute atomic E-state index is 11.0. The van der Waals surface area contributed by atoms with Crippen LogP contribution in [0.15, 0.2) is 6.20 Å². The van der Waals surface area contributed by atoms with E-state index < -0.39 is 11.4 Å². The second-order valence-electron chi connectivity index (χ2n) is 6.48. The fourth-order valence-corrected chi connectivity index (χ4v) is 2.39. The van der Waals surface area contributed by atoms with Crippen LogP contribution in [-0.4, -0.2) is 22.6 Å². The molecule has 1 heterocycles. The molecule has 0 bridgehead atoms. The molecule has 108 valence electrons. The van der Waals surface area contributed by atoms with Gasteiger partial charge in [0.1, 0.15) is 5.01 Å². The second-order valence-corrected chi connectivity index (χ2v) is 7.60. The molecule has 0 atom stereocenters. The van der Waals surface area contributed by atoms with E-state index in [0.717, 1.165) is 5.01 Å². The van der Waals surface area contributed by atoms with Crippen LogP contribution in [-0.2, 0) is 16.8 Å². The summed E-state index contributed by atoms with van der Waals surface area (Å²) >= 11 is 1.71. The molecule has 5 heteroatoms. The third-order valence-corrected chi connectivity index (χ3v) is 4.50. The van der Waals surface area contributed by atoms with Gasteiger partial charge in [-0.1, -0.05) is 20.8 Å². The zero-order valence-corrected chi connectivity index (χ0v) is 13.2. The maximum Gasteiger partial charge on any atom is 0.309 e. The lowest BCUT2D eigenvalue weighted by molar-refractivity contribution is -0.147. The first-order valence-electron chi connectivity index (χ1n) is 6.52. The van der Waals surface area contributed by atoms with Gasteiger partial charge in [0, 0.05) is 17.6 Å². The summed E-state index contributed by atoms with van der Waals surface area (Å²) in [7, 11) is 0. The van der Waals surface area contributed by atoms with Crippen molar-refractivity contribution in [1.82, 2.24) is 10.3 Å². The van der Waals surface area contributed by atoms with Crippen LogP contribution in [0.4, 0.5) is 0 Å². The molecule has 1 aromatic rings. The minimum atomic E-state index is -0.751. The normalized spacial score (nSPS) is 12.7. The number of nitrogens with one attached hydrogen (secondary N) is 1. The van der Waals surface area contributed by atoms with Gasteiger partial charge in [0.15, 0.2) is 0 Å². The van der Waals surface area contributed by atoms with Gasteiger partial charge in [0.25, 0.3) is 0 Å². The number of carbonyl (C=O) groups is 1. The van der Waals surface area contributed by atoms with Crippen LogP contribution in [0.25, 0.3) is 0 Å². The number of thiazole rings is 1. The molecule has 0 saturated heterocycles. The summed E-state index contributed by atoms with van der Waals surface area (Å²) in [5.41, 5.74) is -0.534. The summed E-state index contributed by atoms with van der Waals surface area (Å²) in [5, 5.41) is 13.3. The number of hydrogen-bond acceptors (Lipinski definition) is 4. The first-order chi connectivity index (χ1) is 8.63. The van der Waals surface area contributed by atoms with Crippen LogP contribution in [0, 0.1) is 5.41 Å². The molecule has 0 spiro atoms. The second kappa shape index (κ2) is 6.01. The Labute approximate surface area is 119 Å². The van der Waals surface area contributed by atoms with E-state index in [1.165, 1.54) is 4.88 Å². The van der Waals surface area contributed by atoms with Gasteiger partial charge in [0.2, 0.25) is 0 Å². The van der Waals surface area contributed by atoms with E-state index in [1.807, 2.05) is 6.20 Å². The summed E-state index contributed by atoms with van der Waals surface area (Å²) in [6, 6.07) is 0. The predicted molar refractivity (Wildman–Crippen MR) is 78.6 cm³/mol. The number of carboxylic acids is 1. The number of aromatic nitrogens is 1. The standard InChI is InChI=1S/C14H24N2O2S/c1-13(2,3)10-8-16-11(19-10)9-15-7-6-14(4,5)12(17)18/h8,15H,6-7,9H2,1-5H3,(H,17,18). The van der Waals surface area contributed by atoms with E-state index >= 15 is 0 Å². The molecule has 0 aromatic carbocycles. The first-order valence-corrected chi connectivity index (χ1v) is 7.34. The molecule has 4 nitrogen and oxygen atoms in total. The lowest BCUT2D eigenvalue weighted by Crippen LogP contribution is -2.28. The molecule has 0 unspecified atom stereocenters. The summed E-state index contributed by atoms with van der Waals surface area (Å²) < 4.78 is 0. The van der Waals surface area contributed by atoms with Crippen molar-refractivity contribution in [2.45, 2.75) is 53.0 Å². The zero-order valence-electron chi connectivity index (χ0n) is 12.4. The predicted octanol–water partition coefficient (Wildman–Crippen LogP) is 3.03. The van der Waals surface area contributed by atoms with Gasteiger partial charge in [-0.05, 0) is 32.2 Å². The molecule has 0 aliphatic heterocycles. The minimum absolute atomic E-state index is 0.140. The summed E-state index contributed by atoms with van der Waals surface area (Å²) in [4.78, 5) is 16.6. The molecular weight excluding hydrogens is 260 g/mol. The highest BCUT2D eigenvalue weighted by Crippen LogP contribution is 2.27. The Hall–Kier alpha value is -0.940. The largest absolute Gasteiger partial charge is 0.481 e.